The number of ether oxygens (including phenoxy) is 1. The number of aromatic nitrogens is 2. The summed E-state index contributed by atoms with van der Waals surface area (Å²) in [7, 11) is -3.64. The largest absolute Gasteiger partial charge is 0.439 e. The van der Waals surface area contributed by atoms with Gasteiger partial charge in [-0.25, -0.2) is 17.8 Å². The van der Waals surface area contributed by atoms with Gasteiger partial charge in [-0.2, -0.15) is 5.26 Å². The van der Waals surface area contributed by atoms with Crippen molar-refractivity contribution in [2.45, 2.75) is 23.0 Å². The third-order valence-corrected chi connectivity index (χ3v) is 9.03. The summed E-state index contributed by atoms with van der Waals surface area (Å²) in [4.78, 5) is 35.6. The second-order valence-corrected chi connectivity index (χ2v) is 11.7. The van der Waals surface area contributed by atoms with Crippen molar-refractivity contribution in [3.8, 4) is 17.7 Å². The van der Waals surface area contributed by atoms with Crippen LogP contribution in [0.2, 0.25) is 0 Å². The number of halogens is 1. The molecule has 1 N–H and O–H groups in total. The van der Waals surface area contributed by atoms with E-state index in [9.17, 15) is 22.4 Å². The monoisotopic (exact) mass is 585 g/mol. The maximum atomic E-state index is 13.2. The van der Waals surface area contributed by atoms with Gasteiger partial charge in [-0.05, 0) is 79.6 Å². The third kappa shape index (κ3) is 6.42. The molecule has 4 aromatic rings. The number of nitrogens with one attached hydrogen (secondary N) is 1. The number of benzene rings is 2. The van der Waals surface area contributed by atoms with E-state index in [2.05, 4.69) is 15.3 Å². The number of anilines is 1. The molecule has 0 unspecified atom stereocenters. The molecule has 0 spiro atoms. The van der Waals surface area contributed by atoms with Crippen molar-refractivity contribution in [2.75, 3.05) is 18.4 Å². The highest BCUT2D eigenvalue weighted by molar-refractivity contribution is 7.92. The van der Waals surface area contributed by atoms with E-state index < -0.39 is 26.8 Å². The molecule has 12 heteroatoms. The van der Waals surface area contributed by atoms with Crippen LogP contribution < -0.4 is 10.1 Å². The zero-order valence-corrected chi connectivity index (χ0v) is 22.9. The maximum Gasteiger partial charge on any atom is 0.272 e. The summed E-state index contributed by atoms with van der Waals surface area (Å²) in [6, 6.07) is 19.5. The number of hydrogen-bond donors (Lipinski definition) is 1. The Morgan fingerprint density at radius 2 is 1.64 bits per heavy atom. The van der Waals surface area contributed by atoms with Crippen LogP contribution in [0.5, 0.6) is 11.6 Å². The van der Waals surface area contributed by atoms with E-state index >= 15 is 0 Å². The zero-order valence-electron chi connectivity index (χ0n) is 22.1. The van der Waals surface area contributed by atoms with E-state index in [1.165, 1.54) is 41.6 Å². The molecule has 0 atom stereocenters. The van der Waals surface area contributed by atoms with Gasteiger partial charge < -0.3 is 15.0 Å². The first kappa shape index (κ1) is 28.4. The molecule has 5 rings (SSSR count). The molecule has 0 radical (unpaired) electrons. The number of nitriles is 1. The number of piperidine rings is 1. The van der Waals surface area contributed by atoms with Crippen LogP contribution >= 0.6 is 0 Å². The van der Waals surface area contributed by atoms with Crippen LogP contribution in [-0.2, 0) is 9.84 Å². The van der Waals surface area contributed by atoms with Gasteiger partial charge in [-0.1, -0.05) is 0 Å². The van der Waals surface area contributed by atoms with Crippen molar-refractivity contribution in [3.05, 3.63) is 108 Å². The highest BCUT2D eigenvalue weighted by atomic mass is 32.2. The molecule has 1 aliphatic heterocycles. The molecule has 0 aliphatic carbocycles. The topological polar surface area (TPSA) is 142 Å². The molecule has 2 aromatic heterocycles. The Labute approximate surface area is 241 Å². The molecule has 2 aromatic carbocycles. The first-order valence-corrected chi connectivity index (χ1v) is 14.5. The lowest BCUT2D eigenvalue weighted by Crippen LogP contribution is -2.42. The predicted molar refractivity (Wildman–Crippen MR) is 150 cm³/mol. The van der Waals surface area contributed by atoms with Crippen molar-refractivity contribution in [2.24, 2.45) is 0 Å². The van der Waals surface area contributed by atoms with Gasteiger partial charge >= 0.3 is 0 Å². The standard InChI is InChI=1S/C30H24FN5O5S/c31-22-4-9-25(10-5-22)42(39,40)26-13-15-36(16-14-26)30(38)27-11-3-21(18-33-27)29(37)35-23-6-12-28(34-19-23)41-24-7-1-20(17-32)2-8-24/h1-12,18-19,26H,13-16H2,(H,35,37). The quantitative estimate of drug-likeness (QED) is 0.310. The van der Waals surface area contributed by atoms with Gasteiger partial charge in [0.25, 0.3) is 11.8 Å². The Morgan fingerprint density at radius 1 is 0.929 bits per heavy atom. The SMILES string of the molecule is N#Cc1ccc(Oc2ccc(NC(=O)c3ccc(C(=O)N4CCC(S(=O)(=O)c5ccc(F)cc5)CC4)nc3)cn2)cc1. The lowest BCUT2D eigenvalue weighted by molar-refractivity contribution is 0.0719. The number of rotatable bonds is 7. The van der Waals surface area contributed by atoms with E-state index in [4.69, 9.17) is 10.00 Å². The smallest absolute Gasteiger partial charge is 0.272 e. The third-order valence-electron chi connectivity index (χ3n) is 6.76. The van der Waals surface area contributed by atoms with Crippen LogP contribution in [-0.4, -0.2) is 53.4 Å². The fourth-order valence-corrected chi connectivity index (χ4v) is 6.17. The molecule has 212 valence electrons. The lowest BCUT2D eigenvalue weighted by atomic mass is 10.1. The Kier molecular flexibility index (Phi) is 8.21. The molecular weight excluding hydrogens is 561 g/mol. The van der Waals surface area contributed by atoms with Gasteiger partial charge in [-0.3, -0.25) is 14.6 Å². The summed E-state index contributed by atoms with van der Waals surface area (Å²) in [5.41, 5.74) is 1.30. The van der Waals surface area contributed by atoms with Crippen LogP contribution in [0.15, 0.2) is 90.1 Å². The van der Waals surface area contributed by atoms with E-state index in [0.717, 1.165) is 12.1 Å². The van der Waals surface area contributed by atoms with Gasteiger partial charge in [0.2, 0.25) is 5.88 Å². The van der Waals surface area contributed by atoms with Crippen molar-refractivity contribution in [1.82, 2.24) is 14.9 Å². The van der Waals surface area contributed by atoms with Crippen LogP contribution in [0.4, 0.5) is 10.1 Å². The number of carbonyl (C=O) groups excluding carboxylic acids is 2. The fraction of sp³-hybridized carbons (Fsp3) is 0.167. The van der Waals surface area contributed by atoms with E-state index in [1.807, 2.05) is 6.07 Å². The molecule has 1 saturated heterocycles. The Morgan fingerprint density at radius 3 is 2.24 bits per heavy atom. The van der Waals surface area contributed by atoms with Crippen molar-refractivity contribution < 1.29 is 27.1 Å². The Bertz CT molecular complexity index is 1730. The minimum atomic E-state index is -3.64. The van der Waals surface area contributed by atoms with Crippen LogP contribution in [0.25, 0.3) is 0 Å². The van der Waals surface area contributed by atoms with E-state index in [0.29, 0.717) is 22.9 Å². The second kappa shape index (κ2) is 12.2. The van der Waals surface area contributed by atoms with Gasteiger partial charge in [-0.15, -0.1) is 0 Å². The van der Waals surface area contributed by atoms with E-state index in [1.54, 1.807) is 36.4 Å². The second-order valence-electron chi connectivity index (χ2n) is 9.50. The molecular formula is C30H24FN5O5S. The summed E-state index contributed by atoms with van der Waals surface area (Å²) >= 11 is 0. The number of nitrogens with zero attached hydrogens (tertiary/aromatic N) is 4. The average Bonchev–Trinajstić information content (AvgIpc) is 3.02. The van der Waals surface area contributed by atoms with Crippen molar-refractivity contribution >= 4 is 27.3 Å². The number of amides is 2. The molecule has 3 heterocycles. The van der Waals surface area contributed by atoms with E-state index in [-0.39, 0.29) is 48.0 Å². The summed E-state index contributed by atoms with van der Waals surface area (Å²) in [5.74, 6) is -0.501. The maximum absolute atomic E-state index is 13.2. The predicted octanol–water partition coefficient (Wildman–Crippen LogP) is 4.61. The minimum absolute atomic E-state index is 0.0624. The summed E-state index contributed by atoms with van der Waals surface area (Å²) in [5, 5.41) is 10.9. The molecule has 42 heavy (non-hydrogen) atoms. The molecule has 0 bridgehead atoms. The number of hydrogen-bond acceptors (Lipinski definition) is 8. The fourth-order valence-electron chi connectivity index (χ4n) is 4.44. The minimum Gasteiger partial charge on any atom is -0.439 e. The first-order chi connectivity index (χ1) is 20.2. The number of likely N-dealkylation sites (tertiary alicyclic amines) is 1. The van der Waals surface area contributed by atoms with Crippen LogP contribution in [0, 0.1) is 17.1 Å². The number of sulfone groups is 1. The number of carbonyl (C=O) groups is 2. The summed E-state index contributed by atoms with van der Waals surface area (Å²) < 4.78 is 44.6. The average molecular weight is 586 g/mol. The number of pyridine rings is 2. The first-order valence-electron chi connectivity index (χ1n) is 12.9. The zero-order chi connectivity index (χ0) is 29.7. The highest BCUT2D eigenvalue weighted by Gasteiger charge is 2.33. The highest BCUT2D eigenvalue weighted by Crippen LogP contribution is 2.26. The molecule has 0 saturated carbocycles. The van der Waals surface area contributed by atoms with Crippen molar-refractivity contribution in [3.63, 3.8) is 0 Å². The summed E-state index contributed by atoms with van der Waals surface area (Å²) in [6.45, 7) is 0.456. The van der Waals surface area contributed by atoms with Crippen LogP contribution in [0.1, 0.15) is 39.3 Å². The van der Waals surface area contributed by atoms with Gasteiger partial charge in [0.1, 0.15) is 17.3 Å². The normalized spacial score (nSPS) is 13.7. The van der Waals surface area contributed by atoms with Gasteiger partial charge in [0.15, 0.2) is 9.84 Å². The molecule has 2 amide bonds. The Balaban J connectivity index is 1.14. The summed E-state index contributed by atoms with van der Waals surface area (Å²) in [6.07, 6.45) is 3.22. The van der Waals surface area contributed by atoms with Gasteiger partial charge in [0.05, 0.1) is 39.2 Å². The molecule has 1 aliphatic rings. The van der Waals surface area contributed by atoms with Gasteiger partial charge in [0, 0.05) is 25.4 Å². The van der Waals surface area contributed by atoms with Crippen LogP contribution in [0.3, 0.4) is 0 Å². The molecule has 1 fully saturated rings. The Hall–Kier alpha value is -5.15. The van der Waals surface area contributed by atoms with Crippen molar-refractivity contribution in [1.29, 1.82) is 5.26 Å². The lowest BCUT2D eigenvalue weighted by Gasteiger charge is -2.31. The molecule has 10 nitrogen and oxygen atoms in total.